The Morgan fingerprint density at radius 3 is 2.49 bits per heavy atom. The number of aromatic nitrogens is 1. The van der Waals surface area contributed by atoms with E-state index in [0.717, 1.165) is 48.0 Å². The van der Waals surface area contributed by atoms with Gasteiger partial charge in [-0.15, -0.1) is 0 Å². The normalized spacial score (nSPS) is 41.8. The van der Waals surface area contributed by atoms with Crippen LogP contribution in [0.25, 0.3) is 0 Å². The average Bonchev–Trinajstić information content (AvgIpc) is 3.20. The topological polar surface area (TPSA) is 24.9 Å². The number of nitrogens with one attached hydrogen (secondary N) is 1. The molecule has 0 amide bonds. The van der Waals surface area contributed by atoms with Crippen molar-refractivity contribution in [1.82, 2.24) is 10.3 Å². The van der Waals surface area contributed by atoms with Gasteiger partial charge in [-0.2, -0.15) is 0 Å². The number of hydrogen-bond donors (Lipinski definition) is 1. The lowest BCUT2D eigenvalue weighted by Gasteiger charge is -2.61. The van der Waals surface area contributed by atoms with Gasteiger partial charge in [0.15, 0.2) is 0 Å². The molecular formula is C33H54N2. The highest BCUT2D eigenvalue weighted by atomic mass is 14.9. The van der Waals surface area contributed by atoms with E-state index < -0.39 is 0 Å². The molecule has 2 nitrogen and oxygen atoms in total. The molecule has 35 heavy (non-hydrogen) atoms. The van der Waals surface area contributed by atoms with E-state index in [2.05, 4.69) is 57.1 Å². The Hall–Kier alpha value is -0.890. The first kappa shape index (κ1) is 25.7. The molecule has 0 radical (unpaired) electrons. The van der Waals surface area contributed by atoms with E-state index >= 15 is 0 Å². The van der Waals surface area contributed by atoms with Crippen LogP contribution in [-0.2, 0) is 6.54 Å². The summed E-state index contributed by atoms with van der Waals surface area (Å²) in [5.41, 5.74) is 2.41. The highest BCUT2D eigenvalue weighted by Crippen LogP contribution is 2.68. The third-order valence-electron chi connectivity index (χ3n) is 12.2. The Morgan fingerprint density at radius 1 is 0.914 bits per heavy atom. The fraction of sp³-hybridized carbons (Fsp3) is 0.848. The van der Waals surface area contributed by atoms with Crippen molar-refractivity contribution in [1.29, 1.82) is 0 Å². The molecule has 196 valence electrons. The van der Waals surface area contributed by atoms with Crippen molar-refractivity contribution in [3.8, 4) is 0 Å². The molecular weight excluding hydrogens is 424 g/mol. The second kappa shape index (κ2) is 10.5. The van der Waals surface area contributed by atoms with Gasteiger partial charge in [-0.3, -0.25) is 4.98 Å². The van der Waals surface area contributed by atoms with Crippen LogP contribution in [0, 0.1) is 52.3 Å². The van der Waals surface area contributed by atoms with Crippen LogP contribution >= 0.6 is 0 Å². The summed E-state index contributed by atoms with van der Waals surface area (Å²) in [7, 11) is 0. The largest absolute Gasteiger partial charge is 0.308 e. The predicted molar refractivity (Wildman–Crippen MR) is 148 cm³/mol. The van der Waals surface area contributed by atoms with Crippen LogP contribution < -0.4 is 5.32 Å². The molecule has 0 aliphatic heterocycles. The standard InChI is InChI=1S/C33H54N2/c1-23(2)9-8-10-24(3)29-14-15-30-28-13-12-25-21-26(35-22-27-11-6-7-20-34-27)16-18-32(25,4)31(28)17-19-33(29,30)5/h6-7,11,20,23-26,28-31,35H,8-10,12-19,21-22H2,1-5H3/t24-,25+,26-,28+,29-,30+,31+,32+,33-/m1/s1. The van der Waals surface area contributed by atoms with Crippen LogP contribution in [0.15, 0.2) is 24.4 Å². The first-order valence-electron chi connectivity index (χ1n) is 15.4. The number of nitrogens with zero attached hydrogens (tertiary/aromatic N) is 1. The van der Waals surface area contributed by atoms with Gasteiger partial charge in [0.25, 0.3) is 0 Å². The van der Waals surface area contributed by atoms with Gasteiger partial charge < -0.3 is 5.32 Å². The number of fused-ring (bicyclic) bond motifs is 5. The van der Waals surface area contributed by atoms with Crippen LogP contribution in [0.2, 0.25) is 0 Å². The number of rotatable bonds is 8. The molecule has 0 aromatic carbocycles. The van der Waals surface area contributed by atoms with E-state index in [-0.39, 0.29) is 0 Å². The van der Waals surface area contributed by atoms with Gasteiger partial charge in [-0.05, 0) is 122 Å². The SMILES string of the molecule is CC(C)CCC[C@@H](C)[C@H]1CC[C@H]2[C@@H]3CC[C@H]4C[C@H](NCc5ccccn5)CC[C@]4(C)[C@H]3CC[C@]12C. The molecule has 2 heteroatoms. The summed E-state index contributed by atoms with van der Waals surface area (Å²) in [5, 5.41) is 3.88. The van der Waals surface area contributed by atoms with Crippen molar-refractivity contribution in [3.05, 3.63) is 30.1 Å². The molecule has 0 spiro atoms. The lowest BCUT2D eigenvalue weighted by molar-refractivity contribution is -0.118. The van der Waals surface area contributed by atoms with E-state index in [0.29, 0.717) is 16.9 Å². The summed E-state index contributed by atoms with van der Waals surface area (Å²) in [5.74, 6) is 6.71. The maximum Gasteiger partial charge on any atom is 0.0541 e. The Labute approximate surface area is 216 Å². The molecule has 4 aliphatic carbocycles. The number of pyridine rings is 1. The van der Waals surface area contributed by atoms with Crippen LogP contribution in [-0.4, -0.2) is 11.0 Å². The Kier molecular flexibility index (Phi) is 7.70. The second-order valence-electron chi connectivity index (χ2n) is 14.4. The lowest BCUT2D eigenvalue weighted by Crippen LogP contribution is -2.55. The first-order chi connectivity index (χ1) is 16.8. The zero-order chi connectivity index (χ0) is 24.6. The molecule has 4 saturated carbocycles. The van der Waals surface area contributed by atoms with Crippen molar-refractivity contribution in [3.63, 3.8) is 0 Å². The molecule has 0 saturated heterocycles. The molecule has 4 fully saturated rings. The summed E-state index contributed by atoms with van der Waals surface area (Å²) < 4.78 is 0. The van der Waals surface area contributed by atoms with E-state index in [9.17, 15) is 0 Å². The third kappa shape index (κ3) is 4.99. The summed E-state index contributed by atoms with van der Waals surface area (Å²) in [6.45, 7) is 13.8. The molecule has 4 aliphatic rings. The fourth-order valence-corrected chi connectivity index (χ4v) is 10.2. The van der Waals surface area contributed by atoms with Gasteiger partial charge in [0.05, 0.1) is 5.69 Å². The summed E-state index contributed by atoms with van der Waals surface area (Å²) in [4.78, 5) is 4.53. The van der Waals surface area contributed by atoms with Crippen molar-refractivity contribution < 1.29 is 0 Å². The Morgan fingerprint density at radius 2 is 1.71 bits per heavy atom. The zero-order valence-electron chi connectivity index (χ0n) is 23.6. The molecule has 5 rings (SSSR count). The minimum Gasteiger partial charge on any atom is -0.308 e. The quantitative estimate of drug-likeness (QED) is 0.404. The smallest absolute Gasteiger partial charge is 0.0541 e. The Balaban J connectivity index is 1.20. The third-order valence-corrected chi connectivity index (χ3v) is 12.2. The minimum absolute atomic E-state index is 0.592. The molecule has 9 atom stereocenters. The van der Waals surface area contributed by atoms with Crippen LogP contribution in [0.1, 0.15) is 117 Å². The Bertz CT molecular complexity index is 820. The van der Waals surface area contributed by atoms with Crippen molar-refractivity contribution in [2.45, 2.75) is 124 Å². The molecule has 0 bridgehead atoms. The predicted octanol–water partition coefficient (Wildman–Crippen LogP) is 8.66. The van der Waals surface area contributed by atoms with Gasteiger partial charge >= 0.3 is 0 Å². The van der Waals surface area contributed by atoms with Crippen LogP contribution in [0.5, 0.6) is 0 Å². The highest BCUT2D eigenvalue weighted by molar-refractivity contribution is 5.10. The summed E-state index contributed by atoms with van der Waals surface area (Å²) in [6.07, 6.45) is 19.5. The average molecular weight is 479 g/mol. The van der Waals surface area contributed by atoms with E-state index in [1.807, 2.05) is 12.3 Å². The highest BCUT2D eigenvalue weighted by Gasteiger charge is 2.60. The van der Waals surface area contributed by atoms with Gasteiger partial charge in [0.1, 0.15) is 0 Å². The van der Waals surface area contributed by atoms with Crippen molar-refractivity contribution in [2.24, 2.45) is 52.3 Å². The monoisotopic (exact) mass is 478 g/mol. The summed E-state index contributed by atoms with van der Waals surface area (Å²) in [6, 6.07) is 6.97. The molecule has 1 aromatic rings. The molecule has 1 heterocycles. The first-order valence-corrected chi connectivity index (χ1v) is 15.4. The molecule has 1 aromatic heterocycles. The maximum absolute atomic E-state index is 4.53. The van der Waals surface area contributed by atoms with E-state index in [1.165, 1.54) is 82.7 Å². The zero-order valence-corrected chi connectivity index (χ0v) is 23.6. The van der Waals surface area contributed by atoms with E-state index in [1.54, 1.807) is 0 Å². The van der Waals surface area contributed by atoms with Gasteiger partial charge in [0, 0.05) is 18.8 Å². The van der Waals surface area contributed by atoms with Crippen LogP contribution in [0.4, 0.5) is 0 Å². The van der Waals surface area contributed by atoms with Crippen LogP contribution in [0.3, 0.4) is 0 Å². The minimum atomic E-state index is 0.592. The van der Waals surface area contributed by atoms with Crippen molar-refractivity contribution in [2.75, 3.05) is 0 Å². The molecule has 1 N–H and O–H groups in total. The van der Waals surface area contributed by atoms with Gasteiger partial charge in [0.2, 0.25) is 0 Å². The molecule has 0 unspecified atom stereocenters. The number of hydrogen-bond acceptors (Lipinski definition) is 2. The fourth-order valence-electron chi connectivity index (χ4n) is 10.2. The van der Waals surface area contributed by atoms with Gasteiger partial charge in [-0.25, -0.2) is 0 Å². The lowest BCUT2D eigenvalue weighted by atomic mass is 9.44. The maximum atomic E-state index is 4.53. The van der Waals surface area contributed by atoms with Gasteiger partial charge in [-0.1, -0.05) is 59.9 Å². The second-order valence-corrected chi connectivity index (χ2v) is 14.4. The van der Waals surface area contributed by atoms with Crippen molar-refractivity contribution >= 4 is 0 Å². The summed E-state index contributed by atoms with van der Waals surface area (Å²) >= 11 is 0. The van der Waals surface area contributed by atoms with E-state index in [4.69, 9.17) is 0 Å².